The Morgan fingerprint density at radius 2 is 1.95 bits per heavy atom. The number of hydrogen-bond donors (Lipinski definition) is 2. The van der Waals surface area contributed by atoms with Gasteiger partial charge in [-0.15, -0.1) is 0 Å². The molecule has 0 saturated heterocycles. The van der Waals surface area contributed by atoms with E-state index in [0.717, 1.165) is 5.56 Å². The second-order valence-electron chi connectivity index (χ2n) is 3.98. The highest BCUT2D eigenvalue weighted by Crippen LogP contribution is 2.23. The summed E-state index contributed by atoms with van der Waals surface area (Å²) in [4.78, 5) is 4.16. The van der Waals surface area contributed by atoms with Gasteiger partial charge in [0.15, 0.2) is 5.82 Å². The highest BCUT2D eigenvalue weighted by Gasteiger charge is 2.05. The minimum atomic E-state index is -2.83. The van der Waals surface area contributed by atoms with Crippen molar-refractivity contribution in [1.29, 1.82) is 0 Å². The van der Waals surface area contributed by atoms with E-state index in [1.165, 1.54) is 12.1 Å². The summed E-state index contributed by atoms with van der Waals surface area (Å²) in [6.07, 6.45) is 1.69. The number of rotatable bonds is 4. The van der Waals surface area contributed by atoms with E-state index in [0.29, 0.717) is 17.2 Å². The van der Waals surface area contributed by atoms with Crippen LogP contribution in [-0.2, 0) is 0 Å². The van der Waals surface area contributed by atoms with Crippen molar-refractivity contribution in [2.75, 3.05) is 11.1 Å². The van der Waals surface area contributed by atoms with Crippen molar-refractivity contribution < 1.29 is 13.5 Å². The van der Waals surface area contributed by atoms with E-state index < -0.39 is 6.61 Å². The fraction of sp³-hybridized carbons (Fsp3) is 0.154. The zero-order chi connectivity index (χ0) is 13.8. The monoisotopic (exact) mass is 265 g/mol. The molecule has 0 amide bonds. The van der Waals surface area contributed by atoms with E-state index in [9.17, 15) is 8.78 Å². The molecular weight excluding hydrogens is 252 g/mol. The van der Waals surface area contributed by atoms with E-state index in [2.05, 4.69) is 15.0 Å². The Hall–Kier alpha value is -2.37. The lowest BCUT2D eigenvalue weighted by Gasteiger charge is -2.10. The lowest BCUT2D eigenvalue weighted by Crippen LogP contribution is -2.02. The SMILES string of the molecule is Cc1cnc(Nc2ccc(OC(F)F)cc2)c(N)c1. The lowest BCUT2D eigenvalue weighted by molar-refractivity contribution is -0.0498. The van der Waals surface area contributed by atoms with Crippen molar-refractivity contribution in [3.8, 4) is 5.75 Å². The molecule has 0 aliphatic heterocycles. The number of nitrogen functional groups attached to an aromatic ring is 1. The molecule has 0 fully saturated rings. The number of nitrogens with one attached hydrogen (secondary N) is 1. The first-order valence-electron chi connectivity index (χ1n) is 5.58. The molecule has 0 unspecified atom stereocenters. The molecule has 2 rings (SSSR count). The Bertz CT molecular complexity index is 558. The number of ether oxygens (including phenoxy) is 1. The predicted molar refractivity (Wildman–Crippen MR) is 69.7 cm³/mol. The summed E-state index contributed by atoms with van der Waals surface area (Å²) >= 11 is 0. The molecule has 1 heterocycles. The summed E-state index contributed by atoms with van der Waals surface area (Å²) in [6, 6.07) is 7.90. The zero-order valence-corrected chi connectivity index (χ0v) is 10.2. The lowest BCUT2D eigenvalue weighted by atomic mass is 10.2. The highest BCUT2D eigenvalue weighted by molar-refractivity contribution is 5.69. The first-order chi connectivity index (χ1) is 9.04. The fourth-order valence-electron chi connectivity index (χ4n) is 1.55. The van der Waals surface area contributed by atoms with E-state index >= 15 is 0 Å². The van der Waals surface area contributed by atoms with Gasteiger partial charge in [-0.1, -0.05) is 0 Å². The van der Waals surface area contributed by atoms with E-state index in [1.807, 2.05) is 6.92 Å². The minimum Gasteiger partial charge on any atom is -0.435 e. The van der Waals surface area contributed by atoms with Gasteiger partial charge in [-0.3, -0.25) is 0 Å². The smallest absolute Gasteiger partial charge is 0.387 e. The molecule has 0 bridgehead atoms. The third-order valence-corrected chi connectivity index (χ3v) is 2.40. The Morgan fingerprint density at radius 1 is 1.26 bits per heavy atom. The number of aryl methyl sites for hydroxylation is 1. The summed E-state index contributed by atoms with van der Waals surface area (Å²) in [5.41, 5.74) is 7.98. The number of aromatic nitrogens is 1. The molecule has 0 atom stereocenters. The minimum absolute atomic E-state index is 0.102. The maximum atomic E-state index is 12.0. The Balaban J connectivity index is 2.10. The van der Waals surface area contributed by atoms with Crippen LogP contribution >= 0.6 is 0 Å². The van der Waals surface area contributed by atoms with Crippen LogP contribution in [0.15, 0.2) is 36.5 Å². The molecule has 0 radical (unpaired) electrons. The summed E-state index contributed by atoms with van der Waals surface area (Å²) in [5.74, 6) is 0.624. The van der Waals surface area contributed by atoms with Crippen molar-refractivity contribution in [2.45, 2.75) is 13.5 Å². The van der Waals surface area contributed by atoms with Gasteiger partial charge >= 0.3 is 6.61 Å². The van der Waals surface area contributed by atoms with E-state index in [-0.39, 0.29) is 5.75 Å². The van der Waals surface area contributed by atoms with Crippen molar-refractivity contribution in [2.24, 2.45) is 0 Å². The number of nitrogens with zero attached hydrogens (tertiary/aromatic N) is 1. The molecule has 0 aliphatic rings. The van der Waals surface area contributed by atoms with Crippen LogP contribution in [0.1, 0.15) is 5.56 Å². The quantitative estimate of drug-likeness (QED) is 0.890. The van der Waals surface area contributed by atoms with E-state index in [1.54, 1.807) is 24.4 Å². The number of benzene rings is 1. The zero-order valence-electron chi connectivity index (χ0n) is 10.2. The molecule has 0 aliphatic carbocycles. The van der Waals surface area contributed by atoms with Gasteiger partial charge in [0.05, 0.1) is 5.69 Å². The van der Waals surface area contributed by atoms with Crippen molar-refractivity contribution in [3.05, 3.63) is 42.1 Å². The predicted octanol–water partition coefficient (Wildman–Crippen LogP) is 3.32. The molecule has 0 saturated carbocycles. The highest BCUT2D eigenvalue weighted by atomic mass is 19.3. The van der Waals surface area contributed by atoms with Crippen LogP contribution < -0.4 is 15.8 Å². The molecule has 2 aromatic rings. The molecule has 0 spiro atoms. The van der Waals surface area contributed by atoms with Crippen LogP contribution in [0.5, 0.6) is 5.75 Å². The van der Waals surface area contributed by atoms with Gasteiger partial charge in [-0.25, -0.2) is 4.98 Å². The Labute approximate surface area is 109 Å². The summed E-state index contributed by atoms with van der Waals surface area (Å²) < 4.78 is 28.2. The van der Waals surface area contributed by atoms with Gasteiger partial charge < -0.3 is 15.8 Å². The average Bonchev–Trinajstić information content (AvgIpc) is 2.34. The number of pyridine rings is 1. The number of alkyl halides is 2. The van der Waals surface area contributed by atoms with Gasteiger partial charge in [0, 0.05) is 11.9 Å². The first-order valence-corrected chi connectivity index (χ1v) is 5.58. The second kappa shape index (κ2) is 5.51. The molecule has 3 N–H and O–H groups in total. The number of halogens is 2. The number of nitrogens with two attached hydrogens (primary N) is 1. The van der Waals surface area contributed by atoms with Crippen molar-refractivity contribution in [1.82, 2.24) is 4.98 Å². The van der Waals surface area contributed by atoms with Gasteiger partial charge in [0.2, 0.25) is 0 Å². The molecule has 1 aromatic heterocycles. The van der Waals surface area contributed by atoms with Gasteiger partial charge in [0.25, 0.3) is 0 Å². The van der Waals surface area contributed by atoms with Gasteiger partial charge in [0.1, 0.15) is 5.75 Å². The fourth-order valence-corrected chi connectivity index (χ4v) is 1.55. The van der Waals surface area contributed by atoms with Crippen LogP contribution in [0.25, 0.3) is 0 Å². The molecule has 19 heavy (non-hydrogen) atoms. The number of hydrogen-bond acceptors (Lipinski definition) is 4. The largest absolute Gasteiger partial charge is 0.435 e. The summed E-state index contributed by atoms with van der Waals surface area (Å²) in [7, 11) is 0. The molecule has 4 nitrogen and oxygen atoms in total. The first kappa shape index (κ1) is 13.1. The molecular formula is C13H13F2N3O. The van der Waals surface area contributed by atoms with Crippen molar-refractivity contribution >= 4 is 17.2 Å². The van der Waals surface area contributed by atoms with Crippen LogP contribution in [0.4, 0.5) is 26.0 Å². The molecule has 100 valence electrons. The van der Waals surface area contributed by atoms with Crippen molar-refractivity contribution in [3.63, 3.8) is 0 Å². The average molecular weight is 265 g/mol. The van der Waals surface area contributed by atoms with E-state index in [4.69, 9.17) is 5.73 Å². The molecule has 1 aromatic carbocycles. The standard InChI is InChI=1S/C13H13F2N3O/c1-8-6-11(16)12(17-7-8)18-9-2-4-10(5-3-9)19-13(14)15/h2-7,13H,16H2,1H3,(H,17,18). The third kappa shape index (κ3) is 3.54. The van der Waals surface area contributed by atoms with Crippen LogP contribution in [-0.4, -0.2) is 11.6 Å². The second-order valence-corrected chi connectivity index (χ2v) is 3.98. The summed E-state index contributed by atoms with van der Waals surface area (Å²) in [5, 5.41) is 3.00. The van der Waals surface area contributed by atoms with Gasteiger partial charge in [-0.2, -0.15) is 8.78 Å². The Morgan fingerprint density at radius 3 is 2.53 bits per heavy atom. The Kier molecular flexibility index (Phi) is 3.79. The normalized spacial score (nSPS) is 10.5. The third-order valence-electron chi connectivity index (χ3n) is 2.40. The maximum Gasteiger partial charge on any atom is 0.387 e. The van der Waals surface area contributed by atoms with Crippen LogP contribution in [0, 0.1) is 6.92 Å². The van der Waals surface area contributed by atoms with Crippen LogP contribution in [0.3, 0.4) is 0 Å². The van der Waals surface area contributed by atoms with Crippen LogP contribution in [0.2, 0.25) is 0 Å². The van der Waals surface area contributed by atoms with Gasteiger partial charge in [-0.05, 0) is 42.8 Å². The number of anilines is 3. The molecule has 6 heteroatoms. The maximum absolute atomic E-state index is 12.0. The summed E-state index contributed by atoms with van der Waals surface area (Å²) in [6.45, 7) is -0.933. The topological polar surface area (TPSA) is 60.2 Å².